The first kappa shape index (κ1) is 23.0. The van der Waals surface area contributed by atoms with Gasteiger partial charge in [0.05, 0.1) is 48.7 Å². The van der Waals surface area contributed by atoms with E-state index in [0.29, 0.717) is 29.0 Å². The minimum Gasteiger partial charge on any atom is -0.493 e. The number of hydrogen-bond donors (Lipinski definition) is 0. The van der Waals surface area contributed by atoms with E-state index in [2.05, 4.69) is 18.4 Å². The Morgan fingerprint density at radius 2 is 1.63 bits per heavy atom. The van der Waals surface area contributed by atoms with E-state index in [-0.39, 0.29) is 11.2 Å². The number of nitrogens with zero attached hydrogens (tertiary/aromatic N) is 3. The minimum absolute atomic E-state index is 0.328. The Labute approximate surface area is 202 Å². The number of aromatic nitrogens is 3. The molecule has 2 aromatic carbocycles. The van der Waals surface area contributed by atoms with Crippen LogP contribution in [-0.2, 0) is 24.4 Å². The van der Waals surface area contributed by atoms with E-state index in [1.54, 1.807) is 25.8 Å². The van der Waals surface area contributed by atoms with Crippen LogP contribution in [0.4, 0.5) is 0 Å². The van der Waals surface area contributed by atoms with Crippen LogP contribution < -0.4 is 20.7 Å². The van der Waals surface area contributed by atoms with Crippen molar-refractivity contribution in [1.29, 1.82) is 0 Å². The average molecular weight is 476 g/mol. The summed E-state index contributed by atoms with van der Waals surface area (Å²) in [5.41, 5.74) is 2.67. The molecule has 0 saturated carbocycles. The van der Waals surface area contributed by atoms with E-state index >= 15 is 0 Å². The van der Waals surface area contributed by atoms with Crippen molar-refractivity contribution in [3.8, 4) is 22.8 Å². The molecule has 1 aliphatic rings. The molecule has 35 heavy (non-hydrogen) atoms. The van der Waals surface area contributed by atoms with Gasteiger partial charge in [-0.25, -0.2) is 4.79 Å². The van der Waals surface area contributed by atoms with Crippen LogP contribution in [-0.4, -0.2) is 34.5 Å². The smallest absolute Gasteiger partial charge is 0.331 e. The molecule has 3 heterocycles. The quantitative estimate of drug-likeness (QED) is 0.451. The van der Waals surface area contributed by atoms with Crippen molar-refractivity contribution in [3.63, 3.8) is 0 Å². The van der Waals surface area contributed by atoms with Gasteiger partial charge >= 0.3 is 5.69 Å². The molecule has 2 aromatic heterocycles. The molecule has 5 rings (SSSR count). The monoisotopic (exact) mass is 475 g/mol. The van der Waals surface area contributed by atoms with Crippen LogP contribution in [0.5, 0.6) is 11.5 Å². The molecule has 0 bridgehead atoms. The lowest BCUT2D eigenvalue weighted by Crippen LogP contribution is -2.40. The molecule has 8 heteroatoms. The maximum absolute atomic E-state index is 13.6. The molecule has 0 aliphatic carbocycles. The number of fused-ring (bicyclic) bond motifs is 3. The van der Waals surface area contributed by atoms with Gasteiger partial charge < -0.3 is 18.8 Å². The van der Waals surface area contributed by atoms with Gasteiger partial charge in [-0.3, -0.25) is 13.9 Å². The second-order valence-electron chi connectivity index (χ2n) is 9.48. The van der Waals surface area contributed by atoms with Crippen molar-refractivity contribution in [3.05, 3.63) is 80.6 Å². The standard InChI is InChI=1S/C27H29N3O5/c1-27(2)15-35-24(17-12-13-18(33-5)19(14-17)34-6)23-22-20(25(31)29(4)26(32)28(22)3)21(30(23)27)16-10-8-7-9-11-16/h7-14,24H,15H2,1-6H3/t24-/m0/s1. The maximum atomic E-state index is 13.6. The third-order valence-corrected chi connectivity index (χ3v) is 6.82. The van der Waals surface area contributed by atoms with Gasteiger partial charge in [-0.05, 0) is 37.1 Å². The van der Waals surface area contributed by atoms with Crippen molar-refractivity contribution in [2.45, 2.75) is 25.5 Å². The first-order valence-corrected chi connectivity index (χ1v) is 11.4. The van der Waals surface area contributed by atoms with Crippen molar-refractivity contribution in [2.75, 3.05) is 20.8 Å². The van der Waals surface area contributed by atoms with E-state index < -0.39 is 11.6 Å². The second kappa shape index (κ2) is 8.16. The zero-order chi connectivity index (χ0) is 25.1. The zero-order valence-electron chi connectivity index (χ0n) is 20.8. The van der Waals surface area contributed by atoms with Crippen molar-refractivity contribution < 1.29 is 14.2 Å². The summed E-state index contributed by atoms with van der Waals surface area (Å²) in [5.74, 6) is 1.19. The van der Waals surface area contributed by atoms with Crippen LogP contribution in [0.15, 0.2) is 58.1 Å². The topological polar surface area (TPSA) is 76.6 Å². The highest BCUT2D eigenvalue weighted by Gasteiger charge is 2.40. The Balaban J connectivity index is 1.96. The van der Waals surface area contributed by atoms with E-state index in [9.17, 15) is 9.59 Å². The Morgan fingerprint density at radius 3 is 2.29 bits per heavy atom. The fraction of sp³-hybridized carbons (Fsp3) is 0.333. The predicted molar refractivity (Wildman–Crippen MR) is 135 cm³/mol. The molecule has 0 fully saturated rings. The van der Waals surface area contributed by atoms with E-state index in [1.165, 1.54) is 11.6 Å². The van der Waals surface area contributed by atoms with Crippen LogP contribution >= 0.6 is 0 Å². The van der Waals surface area contributed by atoms with Crippen LogP contribution in [0.1, 0.15) is 31.2 Å². The largest absolute Gasteiger partial charge is 0.493 e. The van der Waals surface area contributed by atoms with Crippen molar-refractivity contribution >= 4 is 10.9 Å². The summed E-state index contributed by atoms with van der Waals surface area (Å²) < 4.78 is 22.3. The van der Waals surface area contributed by atoms with Crippen LogP contribution in [0.2, 0.25) is 0 Å². The van der Waals surface area contributed by atoms with Crippen molar-refractivity contribution in [1.82, 2.24) is 13.7 Å². The first-order chi connectivity index (χ1) is 16.7. The molecule has 182 valence electrons. The molecular formula is C27H29N3O5. The van der Waals surface area contributed by atoms with Gasteiger partial charge in [0.2, 0.25) is 0 Å². The Morgan fingerprint density at radius 1 is 0.943 bits per heavy atom. The Hall–Kier alpha value is -3.78. The fourth-order valence-corrected chi connectivity index (χ4v) is 5.14. The molecule has 0 saturated heterocycles. The van der Waals surface area contributed by atoms with Crippen LogP contribution in [0.25, 0.3) is 22.2 Å². The summed E-state index contributed by atoms with van der Waals surface area (Å²) in [6.45, 7) is 4.57. The number of aryl methyl sites for hydroxylation is 1. The first-order valence-electron chi connectivity index (χ1n) is 11.4. The average Bonchev–Trinajstić information content (AvgIpc) is 3.24. The molecule has 1 atom stereocenters. The minimum atomic E-state index is -0.527. The van der Waals surface area contributed by atoms with Gasteiger partial charge in [0, 0.05) is 14.1 Å². The van der Waals surface area contributed by atoms with E-state index in [0.717, 1.165) is 22.5 Å². The third-order valence-electron chi connectivity index (χ3n) is 6.82. The normalized spacial score (nSPS) is 16.8. The number of benzene rings is 2. The van der Waals surface area contributed by atoms with Gasteiger partial charge in [-0.15, -0.1) is 0 Å². The lowest BCUT2D eigenvalue weighted by atomic mass is 9.97. The van der Waals surface area contributed by atoms with Gasteiger partial charge in [0.15, 0.2) is 11.5 Å². The summed E-state index contributed by atoms with van der Waals surface area (Å²) in [7, 11) is 6.40. The molecule has 0 unspecified atom stereocenters. The van der Waals surface area contributed by atoms with Gasteiger partial charge in [-0.1, -0.05) is 36.4 Å². The van der Waals surface area contributed by atoms with E-state index in [4.69, 9.17) is 14.2 Å². The molecular weight excluding hydrogens is 446 g/mol. The van der Waals surface area contributed by atoms with E-state index in [1.807, 2.05) is 48.5 Å². The van der Waals surface area contributed by atoms with Gasteiger partial charge in [-0.2, -0.15) is 0 Å². The third kappa shape index (κ3) is 3.31. The summed E-state index contributed by atoms with van der Waals surface area (Å²) in [6.07, 6.45) is -0.527. The highest BCUT2D eigenvalue weighted by molar-refractivity contribution is 5.96. The van der Waals surface area contributed by atoms with Gasteiger partial charge in [0.1, 0.15) is 6.10 Å². The molecule has 4 aromatic rings. The molecule has 0 amide bonds. The Kier molecular flexibility index (Phi) is 5.36. The highest BCUT2D eigenvalue weighted by Crippen LogP contribution is 2.46. The number of hydrogen-bond acceptors (Lipinski definition) is 5. The van der Waals surface area contributed by atoms with Crippen molar-refractivity contribution in [2.24, 2.45) is 14.1 Å². The number of methoxy groups -OCH3 is 2. The van der Waals surface area contributed by atoms with Crippen LogP contribution in [0, 0.1) is 0 Å². The summed E-state index contributed by atoms with van der Waals surface area (Å²) in [5, 5.41) is 0.500. The fourth-order valence-electron chi connectivity index (χ4n) is 5.14. The SMILES string of the molecule is COc1ccc([C@@H]2OCC(C)(C)n3c(-c4ccccc4)c4c(=O)n(C)c(=O)n(C)c4c32)cc1OC. The zero-order valence-corrected chi connectivity index (χ0v) is 20.8. The highest BCUT2D eigenvalue weighted by atomic mass is 16.5. The van der Waals surface area contributed by atoms with Gasteiger partial charge in [0.25, 0.3) is 5.56 Å². The van der Waals surface area contributed by atoms with Crippen LogP contribution in [0.3, 0.4) is 0 Å². The lowest BCUT2D eigenvalue weighted by Gasteiger charge is -2.39. The maximum Gasteiger partial charge on any atom is 0.331 e. The predicted octanol–water partition coefficient (Wildman–Crippen LogP) is 3.58. The molecule has 0 N–H and O–H groups in total. The summed E-state index contributed by atoms with van der Waals surface area (Å²) in [6, 6.07) is 15.5. The summed E-state index contributed by atoms with van der Waals surface area (Å²) in [4.78, 5) is 26.7. The number of ether oxygens (including phenoxy) is 3. The molecule has 8 nitrogen and oxygen atoms in total. The number of rotatable bonds is 4. The molecule has 1 aliphatic heterocycles. The summed E-state index contributed by atoms with van der Waals surface area (Å²) >= 11 is 0. The molecule has 0 spiro atoms. The molecule has 0 radical (unpaired) electrons. The Bertz CT molecular complexity index is 1560. The second-order valence-corrected chi connectivity index (χ2v) is 9.48. The lowest BCUT2D eigenvalue weighted by molar-refractivity contribution is -0.00716.